The SMILES string of the molecule is CC/C=C\C/C=C\C/C=C\C/C=C\C/C=C\CCCCCCCCCCCCCCCCCC(=O)OC(COC(=O)CCCCCCCCCCCCCCCCCCCCCCCCC/C=C\CCCCCCCCCC)COP(=O)(O)OCC[N+](C)(C)C. The van der Waals surface area contributed by atoms with Gasteiger partial charge in [-0.25, -0.2) is 4.57 Å². The standard InChI is InChI=1S/C80H148NO8P/c1-6-8-10-12-14-16-18-20-22-24-26-28-30-32-34-36-38-39-40-41-43-44-46-48-50-52-54-56-58-60-62-64-66-68-70-72-79(82)86-76-78(77-88-90(84,85)87-75-74-81(3,4)5)89-80(83)73-71-69-67-65-63-61-59-57-55-53-51-49-47-45-42-37-35-33-31-29-27-25-23-21-19-17-15-13-11-9-7-2/h9,11,15,17,21,23-24,26-27,29,33,35,78H,6-8,10,12-14,16,18-20,22,25,28,30-32,34,36-77H2,1-5H3/p+1/b11-9-,17-15-,23-21-,26-24-,29-27-,35-33-. The van der Waals surface area contributed by atoms with Gasteiger partial charge in [-0.15, -0.1) is 0 Å². The van der Waals surface area contributed by atoms with Gasteiger partial charge in [0.05, 0.1) is 27.7 Å². The Morgan fingerprint density at radius 3 is 0.956 bits per heavy atom. The van der Waals surface area contributed by atoms with E-state index in [2.05, 4.69) is 86.8 Å². The van der Waals surface area contributed by atoms with Crippen LogP contribution in [-0.4, -0.2) is 74.9 Å². The van der Waals surface area contributed by atoms with Crippen molar-refractivity contribution in [2.24, 2.45) is 0 Å². The van der Waals surface area contributed by atoms with Crippen LogP contribution in [0.5, 0.6) is 0 Å². The number of hydrogen-bond acceptors (Lipinski definition) is 7. The van der Waals surface area contributed by atoms with Crippen molar-refractivity contribution in [1.29, 1.82) is 0 Å². The van der Waals surface area contributed by atoms with Gasteiger partial charge in [0.1, 0.15) is 19.8 Å². The molecule has 2 atom stereocenters. The largest absolute Gasteiger partial charge is 0.472 e. The van der Waals surface area contributed by atoms with E-state index < -0.39 is 26.5 Å². The van der Waals surface area contributed by atoms with Crippen molar-refractivity contribution in [1.82, 2.24) is 0 Å². The third kappa shape index (κ3) is 74.5. The second-order valence-electron chi connectivity index (χ2n) is 27.4. The van der Waals surface area contributed by atoms with E-state index in [4.69, 9.17) is 18.5 Å². The van der Waals surface area contributed by atoms with Crippen LogP contribution in [-0.2, 0) is 32.7 Å². The molecule has 0 aliphatic rings. The maximum absolute atomic E-state index is 12.9. The molecule has 0 bridgehead atoms. The summed E-state index contributed by atoms with van der Waals surface area (Å²) in [6, 6.07) is 0. The van der Waals surface area contributed by atoms with Crippen molar-refractivity contribution in [2.75, 3.05) is 47.5 Å². The molecule has 0 heterocycles. The molecule has 0 saturated carbocycles. The van der Waals surface area contributed by atoms with Gasteiger partial charge in [0, 0.05) is 12.8 Å². The molecule has 10 heteroatoms. The number of quaternary nitrogens is 1. The van der Waals surface area contributed by atoms with E-state index in [0.717, 1.165) is 64.2 Å². The van der Waals surface area contributed by atoms with E-state index in [1.54, 1.807) is 0 Å². The van der Waals surface area contributed by atoms with Crippen LogP contribution in [0.4, 0.5) is 0 Å². The number of carbonyl (C=O) groups is 2. The van der Waals surface area contributed by atoms with Gasteiger partial charge in [0.25, 0.3) is 0 Å². The molecule has 0 fully saturated rings. The highest BCUT2D eigenvalue weighted by molar-refractivity contribution is 7.47. The Kier molecular flexibility index (Phi) is 68.8. The van der Waals surface area contributed by atoms with Crippen LogP contribution >= 0.6 is 7.82 Å². The number of carbonyl (C=O) groups excluding carboxylic acids is 2. The molecule has 526 valence electrons. The number of allylic oxidation sites excluding steroid dienone is 12. The molecule has 0 radical (unpaired) electrons. The lowest BCUT2D eigenvalue weighted by atomic mass is 10.0. The summed E-state index contributed by atoms with van der Waals surface area (Å²) in [6.07, 6.45) is 96.1. The fraction of sp³-hybridized carbons (Fsp3) is 0.825. The highest BCUT2D eigenvalue weighted by Crippen LogP contribution is 2.43. The molecular weight excluding hydrogens is 1130 g/mol. The molecule has 2 unspecified atom stereocenters. The molecule has 0 aromatic carbocycles. The number of phosphoric ester groups is 1. The van der Waals surface area contributed by atoms with Crippen LogP contribution < -0.4 is 0 Å². The smallest absolute Gasteiger partial charge is 0.462 e. The highest BCUT2D eigenvalue weighted by atomic mass is 31.2. The predicted octanol–water partition coefficient (Wildman–Crippen LogP) is 25.5. The molecule has 0 spiro atoms. The first kappa shape index (κ1) is 87.5. The van der Waals surface area contributed by atoms with E-state index in [1.165, 1.54) is 276 Å². The second kappa shape index (κ2) is 70.8. The summed E-state index contributed by atoms with van der Waals surface area (Å²) in [5.74, 6) is -0.780. The van der Waals surface area contributed by atoms with Gasteiger partial charge in [0.2, 0.25) is 0 Å². The third-order valence-corrected chi connectivity index (χ3v) is 18.2. The van der Waals surface area contributed by atoms with Crippen molar-refractivity contribution in [3.05, 3.63) is 72.9 Å². The molecule has 0 aromatic heterocycles. The van der Waals surface area contributed by atoms with E-state index in [0.29, 0.717) is 23.9 Å². The van der Waals surface area contributed by atoms with Gasteiger partial charge in [-0.05, 0) is 83.5 Å². The maximum Gasteiger partial charge on any atom is 0.472 e. The third-order valence-electron chi connectivity index (χ3n) is 17.2. The van der Waals surface area contributed by atoms with Crippen LogP contribution in [0, 0.1) is 0 Å². The number of nitrogens with zero attached hydrogens (tertiary/aromatic N) is 1. The predicted molar refractivity (Wildman–Crippen MR) is 390 cm³/mol. The highest BCUT2D eigenvalue weighted by Gasteiger charge is 2.27. The number of esters is 2. The fourth-order valence-corrected chi connectivity index (χ4v) is 12.1. The first-order valence-corrected chi connectivity index (χ1v) is 40.2. The molecule has 0 saturated heterocycles. The zero-order valence-electron chi connectivity index (χ0n) is 60.1. The van der Waals surface area contributed by atoms with E-state index in [-0.39, 0.29) is 25.6 Å². The number of rotatable bonds is 72. The zero-order valence-corrected chi connectivity index (χ0v) is 61.0. The van der Waals surface area contributed by atoms with Crippen LogP contribution in [0.25, 0.3) is 0 Å². The Hall–Kier alpha value is -2.55. The molecule has 1 N–H and O–H groups in total. The first-order chi connectivity index (χ1) is 44.0. The average molecular weight is 1280 g/mol. The summed E-state index contributed by atoms with van der Waals surface area (Å²) in [6.45, 7) is 4.38. The molecule has 90 heavy (non-hydrogen) atoms. The van der Waals surface area contributed by atoms with Crippen LogP contribution in [0.1, 0.15) is 373 Å². The molecule has 0 rings (SSSR count). The summed E-state index contributed by atoms with van der Waals surface area (Å²) in [5.41, 5.74) is 0. The minimum atomic E-state index is -4.40. The van der Waals surface area contributed by atoms with Crippen molar-refractivity contribution in [2.45, 2.75) is 380 Å². The Morgan fingerprint density at radius 2 is 0.633 bits per heavy atom. The van der Waals surface area contributed by atoms with Crippen molar-refractivity contribution in [3.8, 4) is 0 Å². The number of phosphoric acid groups is 1. The number of unbranched alkanes of at least 4 members (excludes halogenated alkanes) is 46. The molecule has 9 nitrogen and oxygen atoms in total. The first-order valence-electron chi connectivity index (χ1n) is 38.7. The lowest BCUT2D eigenvalue weighted by Crippen LogP contribution is -2.37. The van der Waals surface area contributed by atoms with Crippen LogP contribution in [0.2, 0.25) is 0 Å². The maximum atomic E-state index is 12.9. The molecule has 0 aromatic rings. The van der Waals surface area contributed by atoms with E-state index >= 15 is 0 Å². The number of ether oxygens (including phenoxy) is 2. The molecule has 0 amide bonds. The van der Waals surface area contributed by atoms with Gasteiger partial charge in [-0.2, -0.15) is 0 Å². The average Bonchev–Trinajstić information content (AvgIpc) is 3.58. The summed E-state index contributed by atoms with van der Waals surface area (Å²) in [4.78, 5) is 36.0. The van der Waals surface area contributed by atoms with Crippen molar-refractivity contribution in [3.63, 3.8) is 0 Å². The summed E-state index contributed by atoms with van der Waals surface area (Å²) >= 11 is 0. The second-order valence-corrected chi connectivity index (χ2v) is 28.8. The Morgan fingerprint density at radius 1 is 0.356 bits per heavy atom. The molecule has 0 aliphatic carbocycles. The van der Waals surface area contributed by atoms with Crippen LogP contribution in [0.3, 0.4) is 0 Å². The van der Waals surface area contributed by atoms with Crippen LogP contribution in [0.15, 0.2) is 72.9 Å². The monoisotopic (exact) mass is 1280 g/mol. The van der Waals surface area contributed by atoms with E-state index in [1.807, 2.05) is 21.1 Å². The van der Waals surface area contributed by atoms with Gasteiger partial charge in [-0.1, -0.05) is 350 Å². The van der Waals surface area contributed by atoms with Crippen molar-refractivity contribution < 1.29 is 42.1 Å². The lowest BCUT2D eigenvalue weighted by molar-refractivity contribution is -0.870. The molecular formula is C80H149NO8P+. The minimum absolute atomic E-state index is 0.0321. The topological polar surface area (TPSA) is 108 Å². The molecule has 0 aliphatic heterocycles. The summed E-state index contributed by atoms with van der Waals surface area (Å²) in [5, 5.41) is 0. The quantitative estimate of drug-likeness (QED) is 0.0211. The van der Waals surface area contributed by atoms with Gasteiger partial charge < -0.3 is 18.9 Å². The number of hydrogen-bond donors (Lipinski definition) is 1. The fourth-order valence-electron chi connectivity index (χ4n) is 11.3. The van der Waals surface area contributed by atoms with Crippen molar-refractivity contribution >= 4 is 19.8 Å². The zero-order chi connectivity index (χ0) is 65.5. The summed E-state index contributed by atoms with van der Waals surface area (Å²) in [7, 11) is 1.49. The summed E-state index contributed by atoms with van der Waals surface area (Å²) < 4.78 is 34.8. The van der Waals surface area contributed by atoms with Gasteiger partial charge >= 0.3 is 19.8 Å². The minimum Gasteiger partial charge on any atom is -0.462 e. The number of likely N-dealkylation sites (N-methyl/N-ethyl adjacent to an activating group) is 1. The Labute approximate surface area is 559 Å². The normalized spacial score (nSPS) is 13.4. The lowest BCUT2D eigenvalue weighted by Gasteiger charge is -2.24. The Balaban J connectivity index is 3.95. The Bertz CT molecular complexity index is 1750. The van der Waals surface area contributed by atoms with E-state index in [9.17, 15) is 19.0 Å². The van der Waals surface area contributed by atoms with Gasteiger partial charge in [0.15, 0.2) is 6.10 Å². The van der Waals surface area contributed by atoms with Gasteiger partial charge in [-0.3, -0.25) is 18.6 Å².